The number of hydrogen-bond donors (Lipinski definition) is 1. The van der Waals surface area contributed by atoms with Crippen molar-refractivity contribution in [2.45, 2.75) is 52.9 Å². The lowest BCUT2D eigenvalue weighted by molar-refractivity contribution is 0.0934. The molecule has 1 N–H and O–H groups in total. The first-order chi connectivity index (χ1) is 15.1. The molecule has 1 unspecified atom stereocenters. The van der Waals surface area contributed by atoms with Crippen molar-refractivity contribution in [3.63, 3.8) is 0 Å². The molecule has 31 heavy (non-hydrogen) atoms. The summed E-state index contributed by atoms with van der Waals surface area (Å²) in [5, 5.41) is 2.92. The van der Waals surface area contributed by atoms with Crippen molar-refractivity contribution in [3.8, 4) is 5.75 Å². The predicted octanol–water partition coefficient (Wildman–Crippen LogP) is 4.80. The van der Waals surface area contributed by atoms with Gasteiger partial charge in [0.25, 0.3) is 5.91 Å². The Balaban J connectivity index is 1.71. The minimum absolute atomic E-state index is 0.0990. The van der Waals surface area contributed by atoms with Gasteiger partial charge < -0.3 is 14.5 Å². The summed E-state index contributed by atoms with van der Waals surface area (Å²) in [6.07, 6.45) is 2.30. The Hall–Kier alpha value is -3.12. The van der Waals surface area contributed by atoms with Crippen LogP contribution in [0.25, 0.3) is 0 Å². The summed E-state index contributed by atoms with van der Waals surface area (Å²) in [6.45, 7) is 8.58. The van der Waals surface area contributed by atoms with Gasteiger partial charge in [0, 0.05) is 19.1 Å². The van der Waals surface area contributed by atoms with Gasteiger partial charge in [-0.25, -0.2) is 4.98 Å². The Morgan fingerprint density at radius 2 is 1.71 bits per heavy atom. The van der Waals surface area contributed by atoms with Crippen LogP contribution in [0.5, 0.6) is 5.75 Å². The van der Waals surface area contributed by atoms with E-state index in [-0.39, 0.29) is 11.9 Å². The molecule has 0 saturated heterocycles. The summed E-state index contributed by atoms with van der Waals surface area (Å²) in [7, 11) is 0. The zero-order valence-electron chi connectivity index (χ0n) is 18.5. The van der Waals surface area contributed by atoms with E-state index >= 15 is 0 Å². The maximum atomic E-state index is 12.3. The van der Waals surface area contributed by atoms with E-state index in [1.807, 2.05) is 51.1 Å². The molecule has 0 aliphatic carbocycles. The highest BCUT2D eigenvalue weighted by molar-refractivity contribution is 5.92. The maximum Gasteiger partial charge on any atom is 0.273 e. The number of hydrogen-bond acceptors (Lipinski definition) is 5. The van der Waals surface area contributed by atoms with E-state index in [0.29, 0.717) is 24.7 Å². The Morgan fingerprint density at radius 3 is 2.35 bits per heavy atom. The Morgan fingerprint density at radius 1 is 1.03 bits per heavy atom. The summed E-state index contributed by atoms with van der Waals surface area (Å²) in [5.41, 5.74) is 2.69. The van der Waals surface area contributed by atoms with Crippen LogP contribution >= 0.6 is 0 Å². The topological polar surface area (TPSA) is 67.6 Å². The number of nitrogens with zero attached hydrogens (tertiary/aromatic N) is 2. The average molecular weight is 422 g/mol. The highest BCUT2D eigenvalue weighted by Crippen LogP contribution is 2.17. The molecule has 0 aliphatic heterocycles. The molecule has 0 radical (unpaired) electrons. The number of oxazole rings is 1. The summed E-state index contributed by atoms with van der Waals surface area (Å²) in [6, 6.07) is 18.5. The minimum atomic E-state index is -0.203. The first-order valence-corrected chi connectivity index (χ1v) is 10.8. The van der Waals surface area contributed by atoms with Gasteiger partial charge in [0.15, 0.2) is 5.69 Å². The van der Waals surface area contributed by atoms with E-state index < -0.39 is 0 Å². The zero-order valence-corrected chi connectivity index (χ0v) is 18.5. The van der Waals surface area contributed by atoms with Gasteiger partial charge in [-0.05, 0) is 43.5 Å². The van der Waals surface area contributed by atoms with E-state index in [1.54, 1.807) is 0 Å². The number of benzene rings is 2. The van der Waals surface area contributed by atoms with Crippen LogP contribution in [0.15, 0.2) is 65.3 Å². The van der Waals surface area contributed by atoms with Gasteiger partial charge in [-0.15, -0.1) is 0 Å². The molecule has 0 saturated carbocycles. The number of nitrogens with one attached hydrogen (secondary N) is 1. The van der Waals surface area contributed by atoms with Gasteiger partial charge in [-0.1, -0.05) is 49.4 Å². The first kappa shape index (κ1) is 22.6. The second-order valence-electron chi connectivity index (χ2n) is 7.62. The molecule has 1 amide bonds. The second kappa shape index (κ2) is 11.3. The average Bonchev–Trinajstić information content (AvgIpc) is 3.24. The molecular formula is C25H31N3O3. The number of rotatable bonds is 11. The molecule has 1 atom stereocenters. The van der Waals surface area contributed by atoms with Crippen LogP contribution < -0.4 is 10.1 Å². The molecule has 1 aromatic heterocycles. The predicted molar refractivity (Wildman–Crippen MR) is 121 cm³/mol. The summed E-state index contributed by atoms with van der Waals surface area (Å²) >= 11 is 0. The third-order valence-corrected chi connectivity index (χ3v) is 5.02. The number of carbonyl (C=O) groups excluding carboxylic acids is 1. The third-order valence-electron chi connectivity index (χ3n) is 5.02. The quantitative estimate of drug-likeness (QED) is 0.481. The van der Waals surface area contributed by atoms with Crippen LogP contribution in [0.1, 0.15) is 54.7 Å². The number of amides is 1. The van der Waals surface area contributed by atoms with Crippen molar-refractivity contribution in [1.29, 1.82) is 0 Å². The van der Waals surface area contributed by atoms with E-state index in [9.17, 15) is 4.79 Å². The second-order valence-corrected chi connectivity index (χ2v) is 7.62. The molecule has 6 nitrogen and oxygen atoms in total. The lowest BCUT2D eigenvalue weighted by Crippen LogP contribution is -2.32. The minimum Gasteiger partial charge on any atom is -0.494 e. The van der Waals surface area contributed by atoms with Gasteiger partial charge in [0.05, 0.1) is 13.2 Å². The largest absolute Gasteiger partial charge is 0.494 e. The van der Waals surface area contributed by atoms with Gasteiger partial charge in [-0.3, -0.25) is 9.69 Å². The van der Waals surface area contributed by atoms with Crippen LogP contribution in [0.4, 0.5) is 0 Å². The van der Waals surface area contributed by atoms with Crippen LogP contribution in [-0.2, 0) is 19.6 Å². The van der Waals surface area contributed by atoms with Crippen LogP contribution in [0, 0.1) is 0 Å². The van der Waals surface area contributed by atoms with Gasteiger partial charge in [0.2, 0.25) is 5.89 Å². The van der Waals surface area contributed by atoms with E-state index in [1.165, 1.54) is 17.4 Å². The highest BCUT2D eigenvalue weighted by Gasteiger charge is 2.17. The van der Waals surface area contributed by atoms with Crippen molar-refractivity contribution in [3.05, 3.63) is 83.6 Å². The van der Waals surface area contributed by atoms with Crippen LogP contribution in [0.2, 0.25) is 0 Å². The van der Waals surface area contributed by atoms with Crippen molar-refractivity contribution < 1.29 is 13.9 Å². The molecule has 0 fully saturated rings. The number of aromatic nitrogens is 1. The Kier molecular flexibility index (Phi) is 8.24. The zero-order chi connectivity index (χ0) is 22.1. The Labute approximate surface area is 184 Å². The smallest absolute Gasteiger partial charge is 0.273 e. The SMILES string of the molecule is CCOc1ccc(CN(Cc2ccccc2)Cc2nc(C(=O)NC(C)CC)co2)cc1. The molecule has 0 spiro atoms. The molecular weight excluding hydrogens is 390 g/mol. The van der Waals surface area contributed by atoms with Crippen molar-refractivity contribution >= 4 is 5.91 Å². The van der Waals surface area contributed by atoms with Gasteiger partial charge in [0.1, 0.15) is 12.0 Å². The van der Waals surface area contributed by atoms with Crippen molar-refractivity contribution in [1.82, 2.24) is 15.2 Å². The van der Waals surface area contributed by atoms with E-state index in [0.717, 1.165) is 25.3 Å². The standard InChI is InChI=1S/C25H31N3O3/c1-4-19(3)26-25(29)23-18-31-24(27-23)17-28(15-20-9-7-6-8-10-20)16-21-11-13-22(14-12-21)30-5-2/h6-14,18-19H,4-5,15-17H2,1-3H3,(H,26,29). The lowest BCUT2D eigenvalue weighted by atomic mass is 10.1. The number of ether oxygens (including phenoxy) is 1. The molecule has 6 heteroatoms. The fourth-order valence-electron chi connectivity index (χ4n) is 3.20. The molecule has 2 aromatic carbocycles. The third kappa shape index (κ3) is 6.96. The van der Waals surface area contributed by atoms with E-state index in [2.05, 4.69) is 39.5 Å². The molecule has 3 aromatic rings. The maximum absolute atomic E-state index is 12.3. The normalized spacial score (nSPS) is 12.0. The highest BCUT2D eigenvalue weighted by atomic mass is 16.5. The summed E-state index contributed by atoms with van der Waals surface area (Å²) < 4.78 is 11.2. The fourth-order valence-corrected chi connectivity index (χ4v) is 3.20. The summed E-state index contributed by atoms with van der Waals surface area (Å²) in [5.74, 6) is 1.19. The van der Waals surface area contributed by atoms with Gasteiger partial charge >= 0.3 is 0 Å². The molecule has 164 valence electrons. The number of carbonyl (C=O) groups is 1. The Bertz CT molecular complexity index is 938. The van der Waals surface area contributed by atoms with E-state index in [4.69, 9.17) is 9.15 Å². The van der Waals surface area contributed by atoms with Crippen molar-refractivity contribution in [2.24, 2.45) is 0 Å². The first-order valence-electron chi connectivity index (χ1n) is 10.8. The monoisotopic (exact) mass is 421 g/mol. The molecule has 0 aliphatic rings. The van der Waals surface area contributed by atoms with Crippen LogP contribution in [0.3, 0.4) is 0 Å². The summed E-state index contributed by atoms with van der Waals surface area (Å²) in [4.78, 5) is 19.0. The van der Waals surface area contributed by atoms with Gasteiger partial charge in [-0.2, -0.15) is 0 Å². The van der Waals surface area contributed by atoms with Crippen molar-refractivity contribution in [2.75, 3.05) is 6.61 Å². The van der Waals surface area contributed by atoms with Crippen LogP contribution in [-0.4, -0.2) is 28.4 Å². The lowest BCUT2D eigenvalue weighted by Gasteiger charge is -2.21. The molecule has 3 rings (SSSR count). The molecule has 0 bridgehead atoms. The molecule has 1 heterocycles. The fraction of sp³-hybridized carbons (Fsp3) is 0.360.